The van der Waals surface area contributed by atoms with Crippen LogP contribution in [0.25, 0.3) is 0 Å². The van der Waals surface area contributed by atoms with Gasteiger partial charge in [-0.15, -0.1) is 6.58 Å². The molecule has 1 fully saturated rings. The summed E-state index contributed by atoms with van der Waals surface area (Å²) < 4.78 is 10.1. The standard InChI is InChI=1S/C9H16O6/c1-2-3-14-9-7(13)6(12)8(15-9)5(11)4-10/h2,5-13H,1,3-4H2/t5-,6-,7-,8-,9?/m1/s1. The highest BCUT2D eigenvalue weighted by molar-refractivity contribution is 4.90. The molecule has 5 atom stereocenters. The van der Waals surface area contributed by atoms with Crippen LogP contribution in [0.3, 0.4) is 0 Å². The van der Waals surface area contributed by atoms with Crippen molar-refractivity contribution in [2.75, 3.05) is 13.2 Å². The zero-order valence-corrected chi connectivity index (χ0v) is 8.19. The zero-order valence-electron chi connectivity index (χ0n) is 8.19. The summed E-state index contributed by atoms with van der Waals surface area (Å²) in [6.07, 6.45) is -4.34. The van der Waals surface area contributed by atoms with Gasteiger partial charge in [-0.05, 0) is 0 Å². The molecular formula is C9H16O6. The van der Waals surface area contributed by atoms with Crippen molar-refractivity contribution in [2.24, 2.45) is 0 Å². The third-order valence-corrected chi connectivity index (χ3v) is 2.20. The number of aliphatic hydroxyl groups is 4. The number of hydrogen-bond donors (Lipinski definition) is 4. The van der Waals surface area contributed by atoms with Crippen molar-refractivity contribution < 1.29 is 29.9 Å². The number of ether oxygens (including phenoxy) is 2. The Morgan fingerprint density at radius 2 is 2.07 bits per heavy atom. The Hall–Kier alpha value is -0.500. The summed E-state index contributed by atoms with van der Waals surface area (Å²) in [4.78, 5) is 0. The van der Waals surface area contributed by atoms with Crippen molar-refractivity contribution in [3.8, 4) is 0 Å². The van der Waals surface area contributed by atoms with E-state index in [-0.39, 0.29) is 6.61 Å². The maximum atomic E-state index is 9.48. The minimum absolute atomic E-state index is 0.163. The Labute approximate surface area is 87.4 Å². The van der Waals surface area contributed by atoms with E-state index in [9.17, 15) is 15.3 Å². The summed E-state index contributed by atoms with van der Waals surface area (Å²) in [7, 11) is 0. The fourth-order valence-corrected chi connectivity index (χ4v) is 1.39. The molecule has 0 aromatic rings. The molecule has 1 aliphatic rings. The summed E-state index contributed by atoms with van der Waals surface area (Å²) in [6.45, 7) is 3.03. The topological polar surface area (TPSA) is 99.4 Å². The van der Waals surface area contributed by atoms with Gasteiger partial charge in [-0.1, -0.05) is 6.08 Å². The van der Waals surface area contributed by atoms with Gasteiger partial charge in [-0.3, -0.25) is 0 Å². The third kappa shape index (κ3) is 2.75. The van der Waals surface area contributed by atoms with E-state index in [0.717, 1.165) is 0 Å². The molecule has 1 rings (SSSR count). The first-order valence-electron chi connectivity index (χ1n) is 4.64. The molecule has 88 valence electrons. The highest BCUT2D eigenvalue weighted by Crippen LogP contribution is 2.24. The van der Waals surface area contributed by atoms with Crippen LogP contribution in [0.4, 0.5) is 0 Å². The molecule has 6 heteroatoms. The molecule has 0 spiro atoms. The van der Waals surface area contributed by atoms with E-state index in [0.29, 0.717) is 0 Å². The van der Waals surface area contributed by atoms with Gasteiger partial charge < -0.3 is 29.9 Å². The van der Waals surface area contributed by atoms with Crippen LogP contribution in [0.5, 0.6) is 0 Å². The first-order valence-corrected chi connectivity index (χ1v) is 4.64. The predicted octanol–water partition coefficient (Wildman–Crippen LogP) is -2.01. The van der Waals surface area contributed by atoms with Gasteiger partial charge in [0, 0.05) is 0 Å². The van der Waals surface area contributed by atoms with E-state index >= 15 is 0 Å². The van der Waals surface area contributed by atoms with E-state index in [1.54, 1.807) is 0 Å². The minimum Gasteiger partial charge on any atom is -0.394 e. The fraction of sp³-hybridized carbons (Fsp3) is 0.778. The van der Waals surface area contributed by atoms with Crippen molar-refractivity contribution in [2.45, 2.75) is 30.7 Å². The second kappa shape index (κ2) is 5.55. The first-order chi connectivity index (χ1) is 7.11. The number of aliphatic hydroxyl groups excluding tert-OH is 4. The monoisotopic (exact) mass is 220 g/mol. The van der Waals surface area contributed by atoms with Crippen LogP contribution >= 0.6 is 0 Å². The van der Waals surface area contributed by atoms with E-state index in [4.69, 9.17) is 14.6 Å². The van der Waals surface area contributed by atoms with Crippen molar-refractivity contribution in [3.63, 3.8) is 0 Å². The fourth-order valence-electron chi connectivity index (χ4n) is 1.39. The zero-order chi connectivity index (χ0) is 11.4. The normalized spacial score (nSPS) is 37.9. The second-order valence-corrected chi connectivity index (χ2v) is 3.32. The highest BCUT2D eigenvalue weighted by Gasteiger charge is 2.46. The van der Waals surface area contributed by atoms with Gasteiger partial charge in [0.15, 0.2) is 6.29 Å². The Morgan fingerprint density at radius 3 is 2.60 bits per heavy atom. The molecule has 0 aromatic carbocycles. The SMILES string of the molecule is C=CCOC1O[C@H]([C@H](O)CO)[C@H](O)[C@H]1O. The molecule has 0 saturated carbocycles. The maximum Gasteiger partial charge on any atom is 0.187 e. The van der Waals surface area contributed by atoms with Gasteiger partial charge >= 0.3 is 0 Å². The van der Waals surface area contributed by atoms with Gasteiger partial charge in [0.25, 0.3) is 0 Å². The molecular weight excluding hydrogens is 204 g/mol. The smallest absolute Gasteiger partial charge is 0.187 e. The average molecular weight is 220 g/mol. The second-order valence-electron chi connectivity index (χ2n) is 3.32. The van der Waals surface area contributed by atoms with Crippen LogP contribution in [-0.4, -0.2) is 64.3 Å². The van der Waals surface area contributed by atoms with Crippen molar-refractivity contribution in [1.82, 2.24) is 0 Å². The van der Waals surface area contributed by atoms with E-state index in [2.05, 4.69) is 6.58 Å². The van der Waals surface area contributed by atoms with E-state index < -0.39 is 37.3 Å². The lowest BCUT2D eigenvalue weighted by atomic mass is 10.1. The van der Waals surface area contributed by atoms with Gasteiger partial charge in [-0.25, -0.2) is 0 Å². The molecule has 0 amide bonds. The predicted molar refractivity (Wildman–Crippen MR) is 49.9 cm³/mol. The Morgan fingerprint density at radius 1 is 1.40 bits per heavy atom. The minimum atomic E-state index is -1.28. The lowest BCUT2D eigenvalue weighted by Gasteiger charge is -2.18. The summed E-state index contributed by atoms with van der Waals surface area (Å²) >= 11 is 0. The van der Waals surface area contributed by atoms with Crippen LogP contribution in [0.2, 0.25) is 0 Å². The molecule has 1 aliphatic heterocycles. The maximum absolute atomic E-state index is 9.48. The van der Waals surface area contributed by atoms with Crippen molar-refractivity contribution >= 4 is 0 Å². The summed E-state index contributed by atoms with van der Waals surface area (Å²) in [5.41, 5.74) is 0. The molecule has 0 radical (unpaired) electrons. The van der Waals surface area contributed by atoms with Crippen molar-refractivity contribution in [1.29, 1.82) is 0 Å². The number of hydrogen-bond acceptors (Lipinski definition) is 6. The van der Waals surface area contributed by atoms with Crippen LogP contribution in [0.1, 0.15) is 0 Å². The summed E-state index contributed by atoms with van der Waals surface area (Å²) in [5.74, 6) is 0. The van der Waals surface area contributed by atoms with Crippen LogP contribution < -0.4 is 0 Å². The number of rotatable bonds is 5. The average Bonchev–Trinajstić information content (AvgIpc) is 2.53. The molecule has 1 heterocycles. The summed E-state index contributed by atoms with van der Waals surface area (Å²) in [6, 6.07) is 0. The van der Waals surface area contributed by atoms with Crippen LogP contribution in [0, 0.1) is 0 Å². The molecule has 15 heavy (non-hydrogen) atoms. The molecule has 0 aliphatic carbocycles. The molecule has 0 bridgehead atoms. The van der Waals surface area contributed by atoms with E-state index in [1.807, 2.05) is 0 Å². The van der Waals surface area contributed by atoms with Gasteiger partial charge in [0.05, 0.1) is 13.2 Å². The molecule has 6 nitrogen and oxygen atoms in total. The van der Waals surface area contributed by atoms with Gasteiger partial charge in [0.2, 0.25) is 0 Å². The van der Waals surface area contributed by atoms with Gasteiger partial charge in [-0.2, -0.15) is 0 Å². The Bertz CT molecular complexity index is 209. The summed E-state index contributed by atoms with van der Waals surface area (Å²) in [5, 5.41) is 36.9. The highest BCUT2D eigenvalue weighted by atomic mass is 16.7. The lowest BCUT2D eigenvalue weighted by molar-refractivity contribution is -0.175. The van der Waals surface area contributed by atoms with Crippen LogP contribution in [-0.2, 0) is 9.47 Å². The molecule has 4 N–H and O–H groups in total. The van der Waals surface area contributed by atoms with Gasteiger partial charge in [0.1, 0.15) is 24.4 Å². The Balaban J connectivity index is 2.54. The molecule has 0 aromatic heterocycles. The first kappa shape index (κ1) is 12.6. The van der Waals surface area contributed by atoms with Crippen molar-refractivity contribution in [3.05, 3.63) is 12.7 Å². The molecule has 1 unspecified atom stereocenters. The van der Waals surface area contributed by atoms with Crippen LogP contribution in [0.15, 0.2) is 12.7 Å². The molecule has 1 saturated heterocycles. The lowest BCUT2D eigenvalue weighted by Crippen LogP contribution is -2.40. The Kier molecular flexibility index (Phi) is 4.65. The van der Waals surface area contributed by atoms with E-state index in [1.165, 1.54) is 6.08 Å². The quantitative estimate of drug-likeness (QED) is 0.399. The third-order valence-electron chi connectivity index (χ3n) is 2.20. The largest absolute Gasteiger partial charge is 0.394 e.